The van der Waals surface area contributed by atoms with Gasteiger partial charge in [0.05, 0.1) is 11.4 Å². The van der Waals surface area contributed by atoms with Gasteiger partial charge in [-0.05, 0) is 141 Å². The van der Waals surface area contributed by atoms with Crippen molar-refractivity contribution >= 4 is 38.6 Å². The predicted octanol–water partition coefficient (Wildman–Crippen LogP) is 15.4. The lowest BCUT2D eigenvalue weighted by molar-refractivity contribution is 0.420. The van der Waals surface area contributed by atoms with Crippen LogP contribution in [0.3, 0.4) is 0 Å². The molecule has 4 aliphatic carbocycles. The van der Waals surface area contributed by atoms with Gasteiger partial charge < -0.3 is 4.90 Å². The van der Waals surface area contributed by atoms with Gasteiger partial charge in [-0.25, -0.2) is 0 Å². The normalized spacial score (nSPS) is 21.2. The summed E-state index contributed by atoms with van der Waals surface area (Å²) < 4.78 is 0. The van der Waals surface area contributed by atoms with Crippen LogP contribution < -0.4 is 4.90 Å². The highest BCUT2D eigenvalue weighted by atomic mass is 15.1. The van der Waals surface area contributed by atoms with Crippen molar-refractivity contribution in [1.29, 1.82) is 0 Å². The van der Waals surface area contributed by atoms with Crippen molar-refractivity contribution in [3.05, 3.63) is 162 Å². The number of hydrogen-bond donors (Lipinski definition) is 0. The number of anilines is 3. The van der Waals surface area contributed by atoms with Crippen LogP contribution in [0.5, 0.6) is 0 Å². The highest BCUT2D eigenvalue weighted by molar-refractivity contribution is 6.06. The van der Waals surface area contributed by atoms with Crippen LogP contribution in [0.15, 0.2) is 140 Å². The van der Waals surface area contributed by atoms with Crippen molar-refractivity contribution in [2.24, 2.45) is 11.8 Å². The lowest BCUT2D eigenvalue weighted by Crippen LogP contribution is -2.17. The molecule has 1 heteroatoms. The van der Waals surface area contributed by atoms with E-state index in [0.29, 0.717) is 11.8 Å². The standard InChI is InChI=1S/C54H51N/c1-54(2)50-20-9-8-18-46(50)48-33-49(45-19-10-15-37-14-6-7-17-43(37)45)53(34-51(48)54)55(42-27-24-38(25-28-42)47-31-35-22-23-41(47)30-35)52-21-11-16-40-32-39(26-29-44(40)52)36-12-4-3-5-13-36/h6-11,14-21,24-29,32-36,41,47H,3-5,12-13,22-23,30-31H2,1-2H3. The summed E-state index contributed by atoms with van der Waals surface area (Å²) in [6.07, 6.45) is 12.4. The summed E-state index contributed by atoms with van der Waals surface area (Å²) in [7, 11) is 0. The van der Waals surface area contributed by atoms with Gasteiger partial charge in [0.15, 0.2) is 0 Å². The molecule has 3 fully saturated rings. The molecule has 0 spiro atoms. The van der Waals surface area contributed by atoms with Gasteiger partial charge in [0.25, 0.3) is 0 Å². The number of rotatable bonds is 6. The van der Waals surface area contributed by atoms with Crippen molar-refractivity contribution in [2.75, 3.05) is 4.90 Å². The van der Waals surface area contributed by atoms with Crippen molar-refractivity contribution < 1.29 is 0 Å². The molecule has 4 aliphatic rings. The smallest absolute Gasteiger partial charge is 0.0544 e. The number of benzene rings is 7. The first-order valence-electron chi connectivity index (χ1n) is 21.2. The summed E-state index contributed by atoms with van der Waals surface area (Å²) >= 11 is 0. The van der Waals surface area contributed by atoms with Crippen molar-refractivity contribution in [2.45, 2.75) is 88.9 Å². The molecule has 3 atom stereocenters. The summed E-state index contributed by atoms with van der Waals surface area (Å²) in [5, 5.41) is 5.21. The topological polar surface area (TPSA) is 3.24 Å². The first-order valence-corrected chi connectivity index (χ1v) is 21.2. The van der Waals surface area contributed by atoms with Crippen LogP contribution in [-0.4, -0.2) is 0 Å². The monoisotopic (exact) mass is 713 g/mol. The lowest BCUT2D eigenvalue weighted by Gasteiger charge is -2.32. The molecule has 7 aromatic carbocycles. The van der Waals surface area contributed by atoms with Crippen molar-refractivity contribution in [3.63, 3.8) is 0 Å². The molecule has 7 aromatic rings. The quantitative estimate of drug-likeness (QED) is 0.166. The molecule has 11 rings (SSSR count). The highest BCUT2D eigenvalue weighted by Crippen LogP contribution is 2.56. The Labute approximate surface area is 327 Å². The number of fused-ring (bicyclic) bond motifs is 7. The number of hydrogen-bond acceptors (Lipinski definition) is 1. The van der Waals surface area contributed by atoms with E-state index in [4.69, 9.17) is 0 Å². The summed E-state index contributed by atoms with van der Waals surface area (Å²) in [5.41, 5.74) is 14.7. The highest BCUT2D eigenvalue weighted by Gasteiger charge is 2.40. The van der Waals surface area contributed by atoms with Gasteiger partial charge in [-0.2, -0.15) is 0 Å². The van der Waals surface area contributed by atoms with Crippen LogP contribution in [0.4, 0.5) is 17.1 Å². The van der Waals surface area contributed by atoms with Crippen LogP contribution in [0, 0.1) is 11.8 Å². The van der Waals surface area contributed by atoms with E-state index in [1.807, 2.05) is 0 Å². The lowest BCUT2D eigenvalue weighted by atomic mass is 9.81. The molecule has 0 heterocycles. The first kappa shape index (κ1) is 33.2. The van der Waals surface area contributed by atoms with Crippen LogP contribution in [0.25, 0.3) is 43.8 Å². The van der Waals surface area contributed by atoms with Crippen LogP contribution in [-0.2, 0) is 5.41 Å². The summed E-state index contributed by atoms with van der Waals surface area (Å²) in [6.45, 7) is 4.83. The van der Waals surface area contributed by atoms with Gasteiger partial charge >= 0.3 is 0 Å². The number of nitrogens with zero attached hydrogens (tertiary/aromatic N) is 1. The molecular weight excluding hydrogens is 663 g/mol. The van der Waals surface area contributed by atoms with E-state index < -0.39 is 0 Å². The van der Waals surface area contributed by atoms with E-state index in [2.05, 4.69) is 158 Å². The van der Waals surface area contributed by atoms with Gasteiger partial charge in [0, 0.05) is 22.1 Å². The molecule has 1 nitrogen and oxygen atoms in total. The first-order chi connectivity index (χ1) is 27.0. The molecule has 55 heavy (non-hydrogen) atoms. The minimum Gasteiger partial charge on any atom is -0.309 e. The van der Waals surface area contributed by atoms with E-state index in [9.17, 15) is 0 Å². The fourth-order valence-electron chi connectivity index (χ4n) is 11.7. The molecule has 0 radical (unpaired) electrons. The van der Waals surface area contributed by atoms with Gasteiger partial charge in [0.1, 0.15) is 0 Å². The van der Waals surface area contributed by atoms with E-state index in [0.717, 1.165) is 11.8 Å². The predicted molar refractivity (Wildman–Crippen MR) is 233 cm³/mol. The Balaban J connectivity index is 1.16. The maximum Gasteiger partial charge on any atom is 0.0544 e. The average Bonchev–Trinajstić information content (AvgIpc) is 3.94. The largest absolute Gasteiger partial charge is 0.309 e. The Morgan fingerprint density at radius 2 is 1.24 bits per heavy atom. The Bertz CT molecular complexity index is 2580. The van der Waals surface area contributed by atoms with E-state index in [-0.39, 0.29) is 5.41 Å². The third-order valence-corrected chi connectivity index (χ3v) is 14.5. The van der Waals surface area contributed by atoms with E-state index in [1.54, 1.807) is 0 Å². The molecule has 3 unspecified atom stereocenters. The second-order valence-electron chi connectivity index (χ2n) is 17.9. The summed E-state index contributed by atoms with van der Waals surface area (Å²) in [6, 6.07) is 54.2. The van der Waals surface area contributed by atoms with E-state index in [1.165, 1.54) is 141 Å². The van der Waals surface area contributed by atoms with Crippen LogP contribution >= 0.6 is 0 Å². The van der Waals surface area contributed by atoms with Gasteiger partial charge in [-0.3, -0.25) is 0 Å². The van der Waals surface area contributed by atoms with Gasteiger partial charge in [-0.1, -0.05) is 149 Å². The Kier molecular flexibility index (Phi) is 7.84. The Hall–Kier alpha value is -5.14. The summed E-state index contributed by atoms with van der Waals surface area (Å²) in [5.74, 6) is 3.18. The summed E-state index contributed by atoms with van der Waals surface area (Å²) in [4.78, 5) is 2.61. The molecule has 0 saturated heterocycles. The second-order valence-corrected chi connectivity index (χ2v) is 17.9. The third kappa shape index (κ3) is 5.41. The second kappa shape index (κ2) is 13.0. The van der Waals surface area contributed by atoms with Gasteiger partial charge in [-0.15, -0.1) is 0 Å². The SMILES string of the molecule is CC1(C)c2ccccc2-c2cc(-c3cccc4ccccc34)c(N(c3ccc(C4CC5CCC4C5)cc3)c3cccc4cc(C5CCCCC5)ccc34)cc21. The minimum absolute atomic E-state index is 0.122. The average molecular weight is 714 g/mol. The zero-order valence-electron chi connectivity index (χ0n) is 32.4. The maximum atomic E-state index is 2.61. The van der Waals surface area contributed by atoms with Crippen LogP contribution in [0.2, 0.25) is 0 Å². The molecule has 3 saturated carbocycles. The molecule has 0 amide bonds. The molecule has 2 bridgehead atoms. The van der Waals surface area contributed by atoms with Crippen LogP contribution in [0.1, 0.15) is 106 Å². The third-order valence-electron chi connectivity index (χ3n) is 14.5. The minimum atomic E-state index is -0.122. The Morgan fingerprint density at radius 3 is 2.07 bits per heavy atom. The zero-order chi connectivity index (χ0) is 36.7. The Morgan fingerprint density at radius 1 is 0.491 bits per heavy atom. The molecule has 0 aromatic heterocycles. The van der Waals surface area contributed by atoms with E-state index >= 15 is 0 Å². The molecule has 0 N–H and O–H groups in total. The fourth-order valence-corrected chi connectivity index (χ4v) is 11.7. The molecular formula is C54H51N. The fraction of sp³-hybridized carbons (Fsp3) is 0.296. The molecule has 0 aliphatic heterocycles. The van der Waals surface area contributed by atoms with Crippen molar-refractivity contribution in [1.82, 2.24) is 0 Å². The zero-order valence-corrected chi connectivity index (χ0v) is 32.4. The molecule has 272 valence electrons. The van der Waals surface area contributed by atoms with Gasteiger partial charge in [0.2, 0.25) is 0 Å². The van der Waals surface area contributed by atoms with Crippen molar-refractivity contribution in [3.8, 4) is 22.3 Å². The maximum absolute atomic E-state index is 2.61.